The first-order valence-electron chi connectivity index (χ1n) is 9.02. The highest BCUT2D eigenvalue weighted by molar-refractivity contribution is 7.89. The first-order chi connectivity index (χ1) is 12.3. The van der Waals surface area contributed by atoms with Crippen molar-refractivity contribution in [1.29, 1.82) is 0 Å². The van der Waals surface area contributed by atoms with Crippen LogP contribution in [0.2, 0.25) is 0 Å². The molecule has 2 rings (SSSR count). The number of nitrogens with one attached hydrogen (secondary N) is 1. The van der Waals surface area contributed by atoms with E-state index in [0.29, 0.717) is 12.1 Å². The molecule has 1 aliphatic heterocycles. The Morgan fingerprint density at radius 1 is 1.08 bits per heavy atom. The van der Waals surface area contributed by atoms with Crippen LogP contribution in [-0.4, -0.2) is 88.8 Å². The largest absolute Gasteiger partial charge is 0.352 e. The number of sulfonamides is 1. The van der Waals surface area contributed by atoms with Gasteiger partial charge in [-0.2, -0.15) is 0 Å². The molecule has 0 spiro atoms. The van der Waals surface area contributed by atoms with Crippen molar-refractivity contribution in [1.82, 2.24) is 19.4 Å². The van der Waals surface area contributed by atoms with Crippen molar-refractivity contribution in [3.63, 3.8) is 0 Å². The molecule has 0 radical (unpaired) electrons. The first-order valence-corrected chi connectivity index (χ1v) is 10.5. The van der Waals surface area contributed by atoms with E-state index in [4.69, 9.17) is 0 Å². The molecule has 7 nitrogen and oxygen atoms in total. The Kier molecular flexibility index (Phi) is 7.57. The molecule has 0 saturated carbocycles. The lowest BCUT2D eigenvalue weighted by molar-refractivity contribution is 0.0951. The number of benzene rings is 1. The minimum atomic E-state index is -3.46. The number of carbonyl (C=O) groups is 1. The highest BCUT2D eigenvalue weighted by atomic mass is 32.2. The molecular weight excluding hydrogens is 352 g/mol. The van der Waals surface area contributed by atoms with Crippen molar-refractivity contribution in [3.8, 4) is 0 Å². The van der Waals surface area contributed by atoms with E-state index in [1.54, 1.807) is 12.1 Å². The average Bonchev–Trinajstić information content (AvgIpc) is 2.62. The van der Waals surface area contributed by atoms with Gasteiger partial charge in [-0.25, -0.2) is 12.7 Å². The van der Waals surface area contributed by atoms with Crippen molar-refractivity contribution in [2.75, 3.05) is 60.4 Å². The first kappa shape index (κ1) is 20.8. The fourth-order valence-electron chi connectivity index (χ4n) is 2.82. The summed E-state index contributed by atoms with van der Waals surface area (Å²) in [5, 5.41) is 2.90. The number of hydrogen-bond acceptors (Lipinski definition) is 5. The van der Waals surface area contributed by atoms with Gasteiger partial charge in [0.2, 0.25) is 10.0 Å². The van der Waals surface area contributed by atoms with E-state index in [0.717, 1.165) is 49.9 Å². The van der Waals surface area contributed by atoms with E-state index in [9.17, 15) is 13.2 Å². The molecule has 1 amide bonds. The molecule has 1 saturated heterocycles. The van der Waals surface area contributed by atoms with Crippen molar-refractivity contribution in [2.24, 2.45) is 0 Å². The molecule has 26 heavy (non-hydrogen) atoms. The maximum atomic E-state index is 12.2. The highest BCUT2D eigenvalue weighted by Crippen LogP contribution is 2.14. The van der Waals surface area contributed by atoms with Gasteiger partial charge in [0.1, 0.15) is 0 Å². The van der Waals surface area contributed by atoms with Gasteiger partial charge in [0.15, 0.2) is 0 Å². The van der Waals surface area contributed by atoms with E-state index < -0.39 is 10.0 Å². The van der Waals surface area contributed by atoms with E-state index in [2.05, 4.69) is 22.2 Å². The summed E-state index contributed by atoms with van der Waals surface area (Å²) < 4.78 is 25.2. The van der Waals surface area contributed by atoms with E-state index in [-0.39, 0.29) is 10.8 Å². The van der Waals surface area contributed by atoms with Crippen LogP contribution in [0.25, 0.3) is 0 Å². The molecule has 0 aromatic heterocycles. The molecule has 1 heterocycles. The predicted octanol–water partition coefficient (Wildman–Crippen LogP) is 0.694. The number of hydrogen-bond donors (Lipinski definition) is 1. The van der Waals surface area contributed by atoms with Crippen LogP contribution in [0.4, 0.5) is 0 Å². The topological polar surface area (TPSA) is 73.0 Å². The lowest BCUT2D eigenvalue weighted by Gasteiger charge is -2.32. The summed E-state index contributed by atoms with van der Waals surface area (Å²) in [4.78, 5) is 17.1. The van der Waals surface area contributed by atoms with Crippen LogP contribution in [0.5, 0.6) is 0 Å². The van der Waals surface area contributed by atoms with Gasteiger partial charge in [-0.15, -0.1) is 0 Å². The number of rotatable bonds is 8. The monoisotopic (exact) mass is 382 g/mol. The number of amides is 1. The van der Waals surface area contributed by atoms with Gasteiger partial charge < -0.3 is 15.1 Å². The molecule has 0 bridgehead atoms. The van der Waals surface area contributed by atoms with Gasteiger partial charge >= 0.3 is 0 Å². The van der Waals surface area contributed by atoms with Crippen LogP contribution in [0, 0.1) is 0 Å². The molecule has 0 unspecified atom stereocenters. The second kappa shape index (κ2) is 9.45. The molecule has 0 aliphatic carbocycles. The van der Waals surface area contributed by atoms with Crippen LogP contribution in [0.1, 0.15) is 23.2 Å². The van der Waals surface area contributed by atoms with E-state index >= 15 is 0 Å². The molecule has 146 valence electrons. The summed E-state index contributed by atoms with van der Waals surface area (Å²) in [6.45, 7) is 6.17. The number of piperazine rings is 1. The second-order valence-electron chi connectivity index (χ2n) is 6.92. The Labute approximate surface area is 157 Å². The number of carbonyl (C=O) groups excluding carboxylic acids is 1. The maximum Gasteiger partial charge on any atom is 0.251 e. The fourth-order valence-corrected chi connectivity index (χ4v) is 3.73. The Morgan fingerprint density at radius 3 is 2.27 bits per heavy atom. The van der Waals surface area contributed by atoms with Gasteiger partial charge in [0.05, 0.1) is 4.90 Å². The quantitative estimate of drug-likeness (QED) is 0.670. The lowest BCUT2D eigenvalue weighted by Crippen LogP contribution is -2.44. The Morgan fingerprint density at radius 2 is 1.69 bits per heavy atom. The Balaban J connectivity index is 1.71. The third kappa shape index (κ3) is 5.77. The standard InChI is InChI=1S/C18H30N4O3S/c1-20(2)26(24,25)17-8-6-16(7-9-17)18(23)19-10-4-5-11-22-14-12-21(3)13-15-22/h6-9H,4-5,10-15H2,1-3H3,(H,19,23). The van der Waals surface area contributed by atoms with Gasteiger partial charge in [0, 0.05) is 52.4 Å². The van der Waals surface area contributed by atoms with Gasteiger partial charge in [-0.3, -0.25) is 4.79 Å². The van der Waals surface area contributed by atoms with Crippen molar-refractivity contribution >= 4 is 15.9 Å². The molecule has 1 aromatic rings. The van der Waals surface area contributed by atoms with Crippen LogP contribution in [0.3, 0.4) is 0 Å². The van der Waals surface area contributed by atoms with Crippen LogP contribution >= 0.6 is 0 Å². The van der Waals surface area contributed by atoms with Crippen molar-refractivity contribution < 1.29 is 13.2 Å². The van der Waals surface area contributed by atoms with Crippen LogP contribution in [-0.2, 0) is 10.0 Å². The summed E-state index contributed by atoms with van der Waals surface area (Å²) in [6.07, 6.45) is 2.00. The summed E-state index contributed by atoms with van der Waals surface area (Å²) in [5.74, 6) is -0.168. The fraction of sp³-hybridized carbons (Fsp3) is 0.611. The van der Waals surface area contributed by atoms with Crippen molar-refractivity contribution in [3.05, 3.63) is 29.8 Å². The number of nitrogens with zero attached hydrogens (tertiary/aromatic N) is 3. The molecule has 0 atom stereocenters. The third-order valence-corrected chi connectivity index (χ3v) is 6.51. The van der Waals surface area contributed by atoms with Crippen LogP contribution in [0.15, 0.2) is 29.2 Å². The zero-order chi connectivity index (χ0) is 19.2. The van der Waals surface area contributed by atoms with Gasteiger partial charge in [-0.1, -0.05) is 0 Å². The van der Waals surface area contributed by atoms with Gasteiger partial charge in [-0.05, 0) is 50.7 Å². The zero-order valence-corrected chi connectivity index (χ0v) is 16.8. The number of unbranched alkanes of at least 4 members (excludes halogenated alkanes) is 1. The third-order valence-electron chi connectivity index (χ3n) is 4.68. The molecule has 1 N–H and O–H groups in total. The minimum absolute atomic E-state index is 0.168. The smallest absolute Gasteiger partial charge is 0.251 e. The van der Waals surface area contributed by atoms with Crippen molar-refractivity contribution in [2.45, 2.75) is 17.7 Å². The second-order valence-corrected chi connectivity index (χ2v) is 9.07. The summed E-state index contributed by atoms with van der Waals surface area (Å²) in [7, 11) is 1.65. The Hall–Kier alpha value is -1.48. The maximum absolute atomic E-state index is 12.2. The summed E-state index contributed by atoms with van der Waals surface area (Å²) in [5.41, 5.74) is 0.474. The Bertz CT molecular complexity index is 681. The SMILES string of the molecule is CN1CCN(CCCCNC(=O)c2ccc(S(=O)(=O)N(C)C)cc2)CC1. The highest BCUT2D eigenvalue weighted by Gasteiger charge is 2.17. The number of likely N-dealkylation sites (N-methyl/N-ethyl adjacent to an activating group) is 1. The summed E-state index contributed by atoms with van der Waals surface area (Å²) in [6, 6.07) is 6.04. The normalized spacial score (nSPS) is 16.8. The molecule has 1 aromatic carbocycles. The predicted molar refractivity (Wildman–Crippen MR) is 103 cm³/mol. The molecule has 1 fully saturated rings. The lowest BCUT2D eigenvalue weighted by atomic mass is 10.2. The zero-order valence-electron chi connectivity index (χ0n) is 15.9. The molecular formula is C18H30N4O3S. The molecule has 1 aliphatic rings. The minimum Gasteiger partial charge on any atom is -0.352 e. The van der Waals surface area contributed by atoms with E-state index in [1.165, 1.54) is 26.2 Å². The van der Waals surface area contributed by atoms with Crippen LogP contribution < -0.4 is 5.32 Å². The average molecular weight is 383 g/mol. The van der Waals surface area contributed by atoms with Gasteiger partial charge in [0.25, 0.3) is 5.91 Å². The molecule has 8 heteroatoms. The summed E-state index contributed by atoms with van der Waals surface area (Å²) >= 11 is 0. The van der Waals surface area contributed by atoms with E-state index in [1.807, 2.05) is 0 Å².